The van der Waals surface area contributed by atoms with Gasteiger partial charge in [0.1, 0.15) is 12.6 Å². The molecule has 1 aromatic heterocycles. The van der Waals surface area contributed by atoms with Gasteiger partial charge in [-0.3, -0.25) is 4.98 Å². The van der Waals surface area contributed by atoms with Crippen LogP contribution in [-0.4, -0.2) is 17.6 Å². The van der Waals surface area contributed by atoms with Crippen molar-refractivity contribution in [3.05, 3.63) is 29.6 Å². The molecule has 3 nitrogen and oxygen atoms in total. The Kier molecular flexibility index (Phi) is 10.3. The van der Waals surface area contributed by atoms with Gasteiger partial charge in [0, 0.05) is 11.4 Å². The Balaban J connectivity index is 0. The van der Waals surface area contributed by atoms with E-state index >= 15 is 0 Å². The topological polar surface area (TPSA) is 47.0 Å². The lowest BCUT2D eigenvalue weighted by Crippen LogP contribution is -1.81. The molecule has 0 N–H and O–H groups in total. The van der Waals surface area contributed by atoms with E-state index in [0.717, 1.165) is 11.4 Å². The summed E-state index contributed by atoms with van der Waals surface area (Å²) in [5.41, 5.74) is 2.18. The van der Waals surface area contributed by atoms with Gasteiger partial charge < -0.3 is 9.59 Å². The minimum atomic E-state index is 0.167. The van der Waals surface area contributed by atoms with Gasteiger partial charge >= 0.3 is 0 Å². The summed E-state index contributed by atoms with van der Waals surface area (Å²) in [6.07, 6.45) is 0. The number of Topliss-reactive ketones (excluding diaryl/α,β-unsaturated/α-hetero) is 1. The summed E-state index contributed by atoms with van der Waals surface area (Å²) >= 11 is 0. The van der Waals surface area contributed by atoms with Crippen molar-refractivity contribution in [3.8, 4) is 0 Å². The van der Waals surface area contributed by atoms with Gasteiger partial charge in [0.15, 0.2) is 0 Å². The van der Waals surface area contributed by atoms with Crippen LogP contribution in [0.3, 0.4) is 0 Å². The van der Waals surface area contributed by atoms with Crippen molar-refractivity contribution in [2.24, 2.45) is 0 Å². The van der Waals surface area contributed by atoms with Crippen LogP contribution in [0.5, 0.6) is 0 Å². The third-order valence-corrected chi connectivity index (χ3v) is 1.03. The van der Waals surface area contributed by atoms with Crippen LogP contribution in [-0.2, 0) is 9.59 Å². The monoisotopic (exact) mass is 195 g/mol. The SMILES string of the molecule is C=O.CC(C)=O.Cc1cccc(C)n1. The van der Waals surface area contributed by atoms with Gasteiger partial charge in [-0.1, -0.05) is 6.07 Å². The molecule has 1 rings (SSSR count). The molecule has 0 fully saturated rings. The normalized spacial score (nSPS) is 7.43. The van der Waals surface area contributed by atoms with Crippen LogP contribution >= 0.6 is 0 Å². The maximum absolute atomic E-state index is 9.44. The van der Waals surface area contributed by atoms with E-state index in [2.05, 4.69) is 4.98 Å². The smallest absolute Gasteiger partial charge is 0.126 e. The number of rotatable bonds is 0. The molecule has 0 aliphatic rings. The van der Waals surface area contributed by atoms with E-state index in [9.17, 15) is 4.79 Å². The zero-order valence-electron chi connectivity index (χ0n) is 9.20. The number of aryl methyl sites for hydroxylation is 2. The predicted molar refractivity (Wildman–Crippen MR) is 57.2 cm³/mol. The number of hydrogen-bond donors (Lipinski definition) is 0. The molecule has 0 aliphatic heterocycles. The lowest BCUT2D eigenvalue weighted by molar-refractivity contribution is -0.115. The maximum atomic E-state index is 9.44. The van der Waals surface area contributed by atoms with E-state index in [0.29, 0.717) is 0 Å². The minimum absolute atomic E-state index is 0.167. The fraction of sp³-hybridized carbons (Fsp3) is 0.364. The molecule has 0 spiro atoms. The summed E-state index contributed by atoms with van der Waals surface area (Å²) in [5, 5.41) is 0. The highest BCUT2D eigenvalue weighted by molar-refractivity contribution is 5.72. The number of aromatic nitrogens is 1. The first-order valence-corrected chi connectivity index (χ1v) is 4.18. The van der Waals surface area contributed by atoms with E-state index in [1.54, 1.807) is 0 Å². The molecule has 3 heteroatoms. The molecule has 0 saturated heterocycles. The summed E-state index contributed by atoms with van der Waals surface area (Å²) in [4.78, 5) is 21.6. The average Bonchev–Trinajstić information content (AvgIpc) is 2.06. The Labute approximate surface area is 85.2 Å². The Morgan fingerprint density at radius 3 is 1.57 bits per heavy atom. The number of carbonyl (C=O) groups is 2. The molecular formula is C11H17NO2. The first-order valence-electron chi connectivity index (χ1n) is 4.18. The van der Waals surface area contributed by atoms with Crippen LogP contribution in [0.25, 0.3) is 0 Å². The molecule has 78 valence electrons. The molecule has 0 saturated carbocycles. The summed E-state index contributed by atoms with van der Waals surface area (Å²) in [6, 6.07) is 6.00. The van der Waals surface area contributed by atoms with Crippen molar-refractivity contribution in [2.45, 2.75) is 27.7 Å². The molecule has 1 heterocycles. The van der Waals surface area contributed by atoms with Crippen LogP contribution in [0.15, 0.2) is 18.2 Å². The Hall–Kier alpha value is -1.51. The lowest BCUT2D eigenvalue weighted by Gasteiger charge is -1.90. The van der Waals surface area contributed by atoms with Gasteiger partial charge in [-0.25, -0.2) is 0 Å². The number of carbonyl (C=O) groups excluding carboxylic acids is 2. The fourth-order valence-electron chi connectivity index (χ4n) is 0.679. The Morgan fingerprint density at radius 2 is 1.43 bits per heavy atom. The van der Waals surface area contributed by atoms with E-state index in [1.165, 1.54) is 13.8 Å². The van der Waals surface area contributed by atoms with Gasteiger partial charge in [0.05, 0.1) is 0 Å². The van der Waals surface area contributed by atoms with Crippen molar-refractivity contribution >= 4 is 12.6 Å². The van der Waals surface area contributed by atoms with Crippen molar-refractivity contribution in [1.82, 2.24) is 4.98 Å². The average molecular weight is 195 g/mol. The van der Waals surface area contributed by atoms with Crippen LogP contribution < -0.4 is 0 Å². The zero-order chi connectivity index (χ0) is 11.6. The van der Waals surface area contributed by atoms with Gasteiger partial charge in [0.25, 0.3) is 0 Å². The molecule has 14 heavy (non-hydrogen) atoms. The van der Waals surface area contributed by atoms with Gasteiger partial charge in [-0.05, 0) is 39.8 Å². The number of hydrogen-bond acceptors (Lipinski definition) is 3. The van der Waals surface area contributed by atoms with Crippen molar-refractivity contribution in [3.63, 3.8) is 0 Å². The predicted octanol–water partition coefficient (Wildman–Crippen LogP) is 2.11. The molecule has 0 bridgehead atoms. The molecule has 1 aromatic rings. The second-order valence-corrected chi connectivity index (χ2v) is 2.83. The highest BCUT2D eigenvalue weighted by atomic mass is 16.1. The zero-order valence-corrected chi connectivity index (χ0v) is 9.20. The maximum Gasteiger partial charge on any atom is 0.126 e. The van der Waals surface area contributed by atoms with Crippen molar-refractivity contribution < 1.29 is 9.59 Å². The van der Waals surface area contributed by atoms with Crippen molar-refractivity contribution in [1.29, 1.82) is 0 Å². The number of nitrogens with zero attached hydrogens (tertiary/aromatic N) is 1. The third kappa shape index (κ3) is 13.1. The molecular weight excluding hydrogens is 178 g/mol. The van der Waals surface area contributed by atoms with E-state index in [1.807, 2.05) is 38.8 Å². The van der Waals surface area contributed by atoms with Gasteiger partial charge in [-0.15, -0.1) is 0 Å². The first-order chi connectivity index (χ1) is 6.52. The van der Waals surface area contributed by atoms with Crippen molar-refractivity contribution in [2.75, 3.05) is 0 Å². The summed E-state index contributed by atoms with van der Waals surface area (Å²) in [6.45, 7) is 9.04. The molecule has 0 unspecified atom stereocenters. The van der Waals surface area contributed by atoms with E-state index in [4.69, 9.17) is 4.79 Å². The second kappa shape index (κ2) is 9.58. The molecule has 0 amide bonds. The molecule has 0 atom stereocenters. The van der Waals surface area contributed by atoms with E-state index < -0.39 is 0 Å². The third-order valence-electron chi connectivity index (χ3n) is 1.03. The van der Waals surface area contributed by atoms with Gasteiger partial charge in [0.2, 0.25) is 0 Å². The summed E-state index contributed by atoms with van der Waals surface area (Å²) in [5.74, 6) is 0.167. The van der Waals surface area contributed by atoms with Crippen LogP contribution in [0, 0.1) is 13.8 Å². The molecule has 0 aliphatic carbocycles. The standard InChI is InChI=1S/C7H9N.C3H6O.CH2O/c1-6-4-3-5-7(2)8-6;1-3(2)4;1-2/h3-5H,1-2H3;1-2H3;1H2. The number of ketones is 1. The fourth-order valence-corrected chi connectivity index (χ4v) is 0.679. The quantitative estimate of drug-likeness (QED) is 0.637. The second-order valence-electron chi connectivity index (χ2n) is 2.83. The largest absolute Gasteiger partial charge is 0.307 e. The first kappa shape index (κ1) is 15.0. The van der Waals surface area contributed by atoms with E-state index in [-0.39, 0.29) is 5.78 Å². The number of pyridine rings is 1. The van der Waals surface area contributed by atoms with Crippen LogP contribution in [0.1, 0.15) is 25.2 Å². The summed E-state index contributed by atoms with van der Waals surface area (Å²) < 4.78 is 0. The Bertz CT molecular complexity index is 250. The molecule has 0 aromatic carbocycles. The lowest BCUT2D eigenvalue weighted by atomic mass is 10.3. The highest BCUT2D eigenvalue weighted by Gasteiger charge is 1.82. The molecule has 0 radical (unpaired) electrons. The summed E-state index contributed by atoms with van der Waals surface area (Å²) in [7, 11) is 0. The van der Waals surface area contributed by atoms with Crippen LogP contribution in [0.2, 0.25) is 0 Å². The minimum Gasteiger partial charge on any atom is -0.307 e. The highest BCUT2D eigenvalue weighted by Crippen LogP contribution is 1.93. The Morgan fingerprint density at radius 1 is 1.14 bits per heavy atom. The van der Waals surface area contributed by atoms with Gasteiger partial charge in [-0.2, -0.15) is 0 Å². The van der Waals surface area contributed by atoms with Crippen LogP contribution in [0.4, 0.5) is 0 Å².